The number of ether oxygens (including phenoxy) is 1. The van der Waals surface area contributed by atoms with Gasteiger partial charge < -0.3 is 4.74 Å². The van der Waals surface area contributed by atoms with Crippen molar-refractivity contribution in [2.24, 2.45) is 0 Å². The molecule has 1 aliphatic heterocycles. The third kappa shape index (κ3) is 3.84. The minimum absolute atomic E-state index is 0.277. The van der Waals surface area contributed by atoms with E-state index in [2.05, 4.69) is 0 Å². The highest BCUT2D eigenvalue weighted by Gasteiger charge is 2.36. The van der Waals surface area contributed by atoms with Crippen LogP contribution in [0.1, 0.15) is 15.9 Å². The molecule has 2 amide bonds. The Bertz CT molecular complexity index is 1200. The number of carbonyl (C=O) groups excluding carboxylic acids is 3. The van der Waals surface area contributed by atoms with Gasteiger partial charge in [0.1, 0.15) is 5.75 Å². The second-order valence-corrected chi connectivity index (χ2v) is 8.03. The van der Waals surface area contributed by atoms with E-state index >= 15 is 0 Å². The van der Waals surface area contributed by atoms with Crippen LogP contribution in [0.4, 0.5) is 4.79 Å². The van der Waals surface area contributed by atoms with Crippen LogP contribution in [0.5, 0.6) is 5.75 Å². The summed E-state index contributed by atoms with van der Waals surface area (Å²) in [6.45, 7) is -0.313. The lowest BCUT2D eigenvalue weighted by molar-refractivity contribution is -0.122. The summed E-state index contributed by atoms with van der Waals surface area (Å²) in [5.74, 6) is -0.0817. The predicted molar refractivity (Wildman–Crippen MR) is 119 cm³/mol. The molecule has 0 bridgehead atoms. The van der Waals surface area contributed by atoms with Crippen molar-refractivity contribution in [3.63, 3.8) is 0 Å². The maximum Gasteiger partial charge on any atom is 0.293 e. The van der Waals surface area contributed by atoms with E-state index in [-0.39, 0.29) is 17.2 Å². The summed E-state index contributed by atoms with van der Waals surface area (Å²) in [7, 11) is 1.60. The fourth-order valence-corrected chi connectivity index (χ4v) is 4.20. The Morgan fingerprint density at radius 3 is 2.43 bits per heavy atom. The van der Waals surface area contributed by atoms with Gasteiger partial charge in [0, 0.05) is 16.0 Å². The van der Waals surface area contributed by atoms with Gasteiger partial charge in [-0.25, -0.2) is 0 Å². The average molecular weight is 438 g/mol. The number of Topliss-reactive ketones (excluding diaryl/α,β-unsaturated/α-hetero) is 1. The summed E-state index contributed by atoms with van der Waals surface area (Å²) in [4.78, 5) is 39.0. The molecule has 0 radical (unpaired) electrons. The van der Waals surface area contributed by atoms with Crippen LogP contribution >= 0.6 is 23.4 Å². The number of benzene rings is 3. The summed E-state index contributed by atoms with van der Waals surface area (Å²) in [5, 5.41) is 1.85. The van der Waals surface area contributed by atoms with Crippen molar-refractivity contribution in [1.29, 1.82) is 0 Å². The molecule has 0 spiro atoms. The first-order chi connectivity index (χ1) is 14.5. The Morgan fingerprint density at radius 1 is 1.03 bits per heavy atom. The lowest BCUT2D eigenvalue weighted by Crippen LogP contribution is -2.33. The Morgan fingerprint density at radius 2 is 1.73 bits per heavy atom. The zero-order valence-corrected chi connectivity index (χ0v) is 17.5. The summed E-state index contributed by atoms with van der Waals surface area (Å²) < 4.78 is 5.40. The minimum atomic E-state index is -0.479. The average Bonchev–Trinajstić information content (AvgIpc) is 3.01. The van der Waals surface area contributed by atoms with Crippen LogP contribution in [-0.4, -0.2) is 35.5 Å². The van der Waals surface area contributed by atoms with Crippen molar-refractivity contribution in [3.05, 3.63) is 81.7 Å². The molecule has 0 aliphatic carbocycles. The highest BCUT2D eigenvalue weighted by molar-refractivity contribution is 8.18. The zero-order chi connectivity index (χ0) is 21.3. The van der Waals surface area contributed by atoms with E-state index < -0.39 is 11.1 Å². The molecule has 1 saturated heterocycles. The molecular formula is C23H16ClNO4S. The number of halogens is 1. The van der Waals surface area contributed by atoms with Gasteiger partial charge in [0.2, 0.25) is 0 Å². The van der Waals surface area contributed by atoms with E-state index in [1.165, 1.54) is 0 Å². The molecule has 0 aromatic heterocycles. The third-order valence-electron chi connectivity index (χ3n) is 4.77. The molecule has 1 fully saturated rings. The number of carbonyl (C=O) groups is 3. The summed E-state index contributed by atoms with van der Waals surface area (Å²) in [6, 6.07) is 17.7. The van der Waals surface area contributed by atoms with Crippen LogP contribution in [0.2, 0.25) is 5.02 Å². The Labute approximate surface area is 182 Å². The molecular weight excluding hydrogens is 422 g/mol. The van der Waals surface area contributed by atoms with Gasteiger partial charge in [0.15, 0.2) is 5.78 Å². The monoisotopic (exact) mass is 437 g/mol. The number of hydrogen-bond donors (Lipinski definition) is 0. The largest absolute Gasteiger partial charge is 0.496 e. The minimum Gasteiger partial charge on any atom is -0.496 e. The van der Waals surface area contributed by atoms with Crippen molar-refractivity contribution in [2.45, 2.75) is 0 Å². The van der Waals surface area contributed by atoms with Crippen LogP contribution in [0.3, 0.4) is 0 Å². The van der Waals surface area contributed by atoms with E-state index in [1.54, 1.807) is 37.5 Å². The van der Waals surface area contributed by atoms with Crippen LogP contribution in [0, 0.1) is 0 Å². The van der Waals surface area contributed by atoms with E-state index in [0.29, 0.717) is 10.6 Å². The van der Waals surface area contributed by atoms with Crippen LogP contribution < -0.4 is 4.74 Å². The number of hydrogen-bond acceptors (Lipinski definition) is 5. The quantitative estimate of drug-likeness (QED) is 0.394. The number of amides is 2. The maximum atomic E-state index is 12.8. The number of ketones is 1. The van der Waals surface area contributed by atoms with Gasteiger partial charge in [-0.05, 0) is 59.1 Å². The maximum absolute atomic E-state index is 12.8. The molecule has 1 aliphatic rings. The number of nitrogens with zero attached hydrogens (tertiary/aromatic N) is 1. The Balaban J connectivity index is 1.61. The molecule has 5 nitrogen and oxygen atoms in total. The predicted octanol–water partition coefficient (Wildman–Crippen LogP) is 5.42. The smallest absolute Gasteiger partial charge is 0.293 e. The van der Waals surface area contributed by atoms with E-state index in [9.17, 15) is 14.4 Å². The molecule has 0 unspecified atom stereocenters. The number of imide groups is 1. The van der Waals surface area contributed by atoms with Crippen molar-refractivity contribution < 1.29 is 19.1 Å². The topological polar surface area (TPSA) is 63.7 Å². The lowest BCUT2D eigenvalue weighted by atomic mass is 10.0. The van der Waals surface area contributed by atoms with Gasteiger partial charge in [-0.1, -0.05) is 41.9 Å². The van der Waals surface area contributed by atoms with Crippen LogP contribution in [-0.2, 0) is 4.79 Å². The molecule has 7 heteroatoms. The first-order valence-corrected chi connectivity index (χ1v) is 10.3. The zero-order valence-electron chi connectivity index (χ0n) is 15.9. The lowest BCUT2D eigenvalue weighted by Gasteiger charge is -2.11. The van der Waals surface area contributed by atoms with Crippen molar-refractivity contribution in [3.8, 4) is 5.75 Å². The third-order valence-corrected chi connectivity index (χ3v) is 5.93. The normalized spacial score (nSPS) is 15.3. The van der Waals surface area contributed by atoms with E-state index in [0.717, 1.165) is 38.7 Å². The molecule has 3 aromatic carbocycles. The van der Waals surface area contributed by atoms with Gasteiger partial charge in [-0.15, -0.1) is 0 Å². The molecule has 1 heterocycles. The second-order valence-electron chi connectivity index (χ2n) is 6.60. The summed E-state index contributed by atoms with van der Waals surface area (Å²) in [6.07, 6.45) is 1.68. The first-order valence-electron chi connectivity index (χ1n) is 9.08. The fraction of sp³-hybridized carbons (Fsp3) is 0.0870. The van der Waals surface area contributed by atoms with E-state index in [1.807, 2.05) is 36.4 Å². The first kappa shape index (κ1) is 20.2. The highest BCUT2D eigenvalue weighted by atomic mass is 35.5. The number of rotatable bonds is 5. The van der Waals surface area contributed by atoms with Crippen LogP contribution in [0.15, 0.2) is 65.6 Å². The van der Waals surface area contributed by atoms with Crippen molar-refractivity contribution in [1.82, 2.24) is 4.90 Å². The van der Waals surface area contributed by atoms with Gasteiger partial charge >= 0.3 is 0 Å². The Hall–Kier alpha value is -3.09. The highest BCUT2D eigenvalue weighted by Crippen LogP contribution is 2.35. The molecule has 30 heavy (non-hydrogen) atoms. The molecule has 0 saturated carbocycles. The summed E-state index contributed by atoms with van der Waals surface area (Å²) in [5.41, 5.74) is 1.18. The molecule has 0 N–H and O–H groups in total. The second kappa shape index (κ2) is 8.34. The SMILES string of the molecule is COc1ccc(/C=C2/SC(=O)N(CC(=O)c3ccc(Cl)cc3)C2=O)c2ccccc12. The van der Waals surface area contributed by atoms with Crippen LogP contribution in [0.25, 0.3) is 16.8 Å². The molecule has 150 valence electrons. The Kier molecular flexibility index (Phi) is 5.61. The molecule has 0 atom stereocenters. The number of methoxy groups -OCH3 is 1. The van der Waals surface area contributed by atoms with Crippen molar-refractivity contribution in [2.75, 3.05) is 13.7 Å². The van der Waals surface area contributed by atoms with Gasteiger partial charge in [-0.3, -0.25) is 19.3 Å². The van der Waals surface area contributed by atoms with Gasteiger partial charge in [-0.2, -0.15) is 0 Å². The summed E-state index contributed by atoms with van der Waals surface area (Å²) >= 11 is 6.67. The van der Waals surface area contributed by atoms with Crippen molar-refractivity contribution >= 4 is 57.1 Å². The standard InChI is InChI=1S/C23H16ClNO4S/c1-29-20-11-8-15(17-4-2-3-5-18(17)20)12-21-22(27)25(23(28)30-21)13-19(26)14-6-9-16(24)10-7-14/h2-12H,13H2,1H3/b21-12+. The fourth-order valence-electron chi connectivity index (χ4n) is 3.25. The number of fused-ring (bicyclic) bond motifs is 1. The number of thioether (sulfide) groups is 1. The van der Waals surface area contributed by atoms with Gasteiger partial charge in [0.05, 0.1) is 18.6 Å². The molecule has 4 rings (SSSR count). The molecule has 3 aromatic rings. The van der Waals surface area contributed by atoms with E-state index in [4.69, 9.17) is 16.3 Å². The van der Waals surface area contributed by atoms with Gasteiger partial charge in [0.25, 0.3) is 11.1 Å².